The number of hydrogen-bond donors (Lipinski definition) is 3. The zero-order valence-corrected chi connectivity index (χ0v) is 21.5. The fourth-order valence-electron chi connectivity index (χ4n) is 5.09. The van der Waals surface area contributed by atoms with Gasteiger partial charge in [0.05, 0.1) is 0 Å². The molecule has 0 bridgehead atoms. The minimum Gasteiger partial charge on any atom is -0.387 e. The molecule has 0 amide bonds. The van der Waals surface area contributed by atoms with Gasteiger partial charge in [-0.05, 0) is 55.3 Å². The number of piperazine rings is 1. The van der Waals surface area contributed by atoms with Crippen molar-refractivity contribution in [3.05, 3.63) is 47.2 Å². The van der Waals surface area contributed by atoms with E-state index in [4.69, 9.17) is 11.1 Å². The van der Waals surface area contributed by atoms with Gasteiger partial charge in [-0.15, -0.1) is 0 Å². The molecule has 0 aliphatic carbocycles. The number of thioether (sulfide) groups is 1. The Bertz CT molecular complexity index is 1090. The van der Waals surface area contributed by atoms with E-state index in [0.29, 0.717) is 18.0 Å². The molecule has 5 rings (SSSR count). The number of anilines is 3. The normalized spacial score (nSPS) is 23.3. The molecule has 9 heteroatoms. The van der Waals surface area contributed by atoms with Crippen LogP contribution in [0.2, 0.25) is 0 Å². The maximum absolute atomic E-state index is 7.99. The highest BCUT2D eigenvalue weighted by Gasteiger charge is 2.26. The van der Waals surface area contributed by atoms with Crippen molar-refractivity contribution < 1.29 is 0 Å². The molecule has 0 saturated carbocycles. The highest BCUT2D eigenvalue weighted by Crippen LogP contribution is 2.31. The van der Waals surface area contributed by atoms with Crippen LogP contribution in [0.5, 0.6) is 0 Å². The van der Waals surface area contributed by atoms with Crippen molar-refractivity contribution in [3.8, 4) is 0 Å². The van der Waals surface area contributed by atoms with Gasteiger partial charge < -0.3 is 31.2 Å². The highest BCUT2D eigenvalue weighted by molar-refractivity contribution is 7.99. The maximum Gasteiger partial charge on any atom is 0.223 e. The molecule has 2 unspecified atom stereocenters. The van der Waals surface area contributed by atoms with Gasteiger partial charge in [-0.2, -0.15) is 21.7 Å². The number of nitrogens with two attached hydrogens (primary N) is 1. The van der Waals surface area contributed by atoms with Crippen molar-refractivity contribution in [2.24, 2.45) is 0 Å². The SMILES string of the molecule is CC1Cc2ccc(/C(C=N)=C/NC3CCSC3)cc2CN1c1cc(N2CCN(C)CC2)nc(N)n1. The maximum atomic E-state index is 7.99. The van der Waals surface area contributed by atoms with E-state index in [1.54, 1.807) is 0 Å². The molecule has 2 saturated heterocycles. The first-order valence-corrected chi connectivity index (χ1v) is 13.7. The molecule has 4 N–H and O–H groups in total. The average Bonchev–Trinajstić information content (AvgIpc) is 3.38. The highest BCUT2D eigenvalue weighted by atomic mass is 32.2. The van der Waals surface area contributed by atoms with Gasteiger partial charge in [0.15, 0.2) is 0 Å². The molecule has 1 aromatic heterocycles. The summed E-state index contributed by atoms with van der Waals surface area (Å²) in [6.07, 6.45) is 5.60. The van der Waals surface area contributed by atoms with Gasteiger partial charge in [-0.25, -0.2) is 0 Å². The molecule has 0 spiro atoms. The predicted molar refractivity (Wildman–Crippen MR) is 148 cm³/mol. The standard InChI is InChI=1S/C26H36N8S/c1-18-11-19-3-4-20(22(14-27)15-29-23-5-10-35-17-23)12-21(19)16-34(18)25-13-24(30-26(28)31-25)33-8-6-32(2)7-9-33/h3-4,12-15,18,23,27,29H,5-11,16-17H2,1-2H3,(H2,28,30,31)/b22-15+,27-14?. The van der Waals surface area contributed by atoms with Crippen LogP contribution >= 0.6 is 11.8 Å². The Hall–Kier alpha value is -2.78. The largest absolute Gasteiger partial charge is 0.387 e. The van der Waals surface area contributed by atoms with E-state index in [1.165, 1.54) is 29.5 Å². The van der Waals surface area contributed by atoms with Crippen molar-refractivity contribution in [2.75, 3.05) is 60.3 Å². The average molecular weight is 493 g/mol. The van der Waals surface area contributed by atoms with Crippen molar-refractivity contribution in [2.45, 2.75) is 38.4 Å². The lowest BCUT2D eigenvalue weighted by atomic mass is 9.91. The fourth-order valence-corrected chi connectivity index (χ4v) is 6.26. The van der Waals surface area contributed by atoms with E-state index in [-0.39, 0.29) is 0 Å². The number of likely N-dealkylation sites (N-methyl/N-ethyl adjacent to an activating group) is 1. The summed E-state index contributed by atoms with van der Waals surface area (Å²) in [4.78, 5) is 16.2. The number of fused-ring (bicyclic) bond motifs is 1. The Kier molecular flexibility index (Phi) is 7.15. The second-order valence-corrected chi connectivity index (χ2v) is 11.0. The topological polar surface area (TPSA) is 97.4 Å². The van der Waals surface area contributed by atoms with Crippen LogP contribution in [0.1, 0.15) is 30.0 Å². The second-order valence-electron chi connectivity index (χ2n) is 9.87. The first-order chi connectivity index (χ1) is 17.0. The fraction of sp³-hybridized carbons (Fsp3) is 0.500. The van der Waals surface area contributed by atoms with Crippen molar-refractivity contribution in [1.29, 1.82) is 5.41 Å². The molecule has 3 aliphatic heterocycles. The number of rotatable bonds is 6. The lowest BCUT2D eigenvalue weighted by molar-refractivity contribution is 0.312. The lowest BCUT2D eigenvalue weighted by Gasteiger charge is -2.37. The van der Waals surface area contributed by atoms with Gasteiger partial charge >= 0.3 is 0 Å². The third-order valence-electron chi connectivity index (χ3n) is 7.33. The Labute approximate surface area is 212 Å². The van der Waals surface area contributed by atoms with Crippen LogP contribution in [0.3, 0.4) is 0 Å². The summed E-state index contributed by atoms with van der Waals surface area (Å²) in [6.45, 7) is 6.94. The first-order valence-electron chi connectivity index (χ1n) is 12.5. The molecule has 35 heavy (non-hydrogen) atoms. The van der Waals surface area contributed by atoms with Gasteiger partial charge in [-0.1, -0.05) is 12.1 Å². The van der Waals surface area contributed by atoms with E-state index in [0.717, 1.165) is 67.7 Å². The summed E-state index contributed by atoms with van der Waals surface area (Å²) in [5.41, 5.74) is 10.8. The predicted octanol–water partition coefficient (Wildman–Crippen LogP) is 2.85. The number of nitrogens with zero attached hydrogens (tertiary/aromatic N) is 5. The number of aromatic nitrogens is 2. The molecule has 186 valence electrons. The van der Waals surface area contributed by atoms with Crippen LogP contribution in [0.25, 0.3) is 5.57 Å². The summed E-state index contributed by atoms with van der Waals surface area (Å²) < 4.78 is 0. The summed E-state index contributed by atoms with van der Waals surface area (Å²) >= 11 is 1.99. The number of benzene rings is 1. The van der Waals surface area contributed by atoms with Crippen LogP contribution in [0, 0.1) is 5.41 Å². The Morgan fingerprint density at radius 2 is 1.94 bits per heavy atom. The van der Waals surface area contributed by atoms with Gasteiger partial charge in [0, 0.05) is 74.6 Å². The molecule has 8 nitrogen and oxygen atoms in total. The Morgan fingerprint density at radius 1 is 1.14 bits per heavy atom. The molecule has 1 aromatic carbocycles. The molecule has 2 fully saturated rings. The van der Waals surface area contributed by atoms with Crippen LogP contribution in [0.15, 0.2) is 30.5 Å². The summed E-state index contributed by atoms with van der Waals surface area (Å²) in [7, 11) is 2.15. The van der Waals surface area contributed by atoms with Gasteiger partial charge in [0.25, 0.3) is 0 Å². The van der Waals surface area contributed by atoms with E-state index in [1.807, 2.05) is 18.0 Å². The lowest BCUT2D eigenvalue weighted by Crippen LogP contribution is -2.45. The molecule has 3 aliphatic rings. The van der Waals surface area contributed by atoms with Gasteiger partial charge in [-0.3, -0.25) is 0 Å². The van der Waals surface area contributed by atoms with Crippen LogP contribution in [0.4, 0.5) is 17.6 Å². The Morgan fingerprint density at radius 3 is 2.69 bits per heavy atom. The van der Waals surface area contributed by atoms with Crippen molar-refractivity contribution in [3.63, 3.8) is 0 Å². The molecular weight excluding hydrogens is 456 g/mol. The number of nitrogens with one attached hydrogen (secondary N) is 2. The van der Waals surface area contributed by atoms with Crippen LogP contribution < -0.4 is 20.9 Å². The zero-order chi connectivity index (χ0) is 24.4. The van der Waals surface area contributed by atoms with Crippen molar-refractivity contribution in [1.82, 2.24) is 20.2 Å². The zero-order valence-electron chi connectivity index (χ0n) is 20.7. The van der Waals surface area contributed by atoms with Crippen LogP contribution in [-0.4, -0.2) is 77.9 Å². The second kappa shape index (κ2) is 10.5. The third-order valence-corrected chi connectivity index (χ3v) is 8.49. The van der Waals surface area contributed by atoms with E-state index >= 15 is 0 Å². The molecule has 2 aromatic rings. The molecule has 0 radical (unpaired) electrons. The summed E-state index contributed by atoms with van der Waals surface area (Å²) in [5.74, 6) is 4.48. The molecular formula is C26H36N8S. The minimum absolute atomic E-state index is 0.308. The smallest absolute Gasteiger partial charge is 0.223 e. The van der Waals surface area contributed by atoms with Gasteiger partial charge in [0.1, 0.15) is 11.6 Å². The quantitative estimate of drug-likeness (QED) is 0.530. The molecule has 4 heterocycles. The number of allylic oxidation sites excluding steroid dienone is 1. The number of nitrogen functional groups attached to an aromatic ring is 1. The third kappa shape index (κ3) is 5.41. The first kappa shape index (κ1) is 23.9. The van der Waals surface area contributed by atoms with Crippen molar-refractivity contribution >= 4 is 41.1 Å². The Balaban J connectivity index is 1.38. The minimum atomic E-state index is 0.308. The summed E-state index contributed by atoms with van der Waals surface area (Å²) in [5, 5.41) is 11.5. The summed E-state index contributed by atoms with van der Waals surface area (Å²) in [6, 6.07) is 9.52. The van der Waals surface area contributed by atoms with E-state index in [9.17, 15) is 0 Å². The van der Waals surface area contributed by atoms with Gasteiger partial charge in [0.2, 0.25) is 5.95 Å². The van der Waals surface area contributed by atoms with Crippen LogP contribution in [-0.2, 0) is 13.0 Å². The number of hydrogen-bond acceptors (Lipinski definition) is 9. The van der Waals surface area contributed by atoms with E-state index in [2.05, 4.69) is 68.2 Å². The molecule has 2 atom stereocenters. The van der Waals surface area contributed by atoms with E-state index < -0.39 is 0 Å². The monoisotopic (exact) mass is 492 g/mol.